The molecule has 368 valence electrons. The number of allylic oxidation sites excluding steroid dienone is 4. The van der Waals surface area contributed by atoms with Crippen LogP contribution in [0.2, 0.25) is 0 Å². The Balaban J connectivity index is 3.87. The van der Waals surface area contributed by atoms with Crippen molar-refractivity contribution in [3.8, 4) is 0 Å². The lowest BCUT2D eigenvalue weighted by molar-refractivity contribution is -0.154. The molecule has 2 unspecified atom stereocenters. The molecule has 0 fully saturated rings. The number of ether oxygens (including phenoxy) is 2. The summed E-state index contributed by atoms with van der Waals surface area (Å²) in [4.78, 5) is 22.6. The molecular formula is C53H104NO7P. The number of phosphoric ester groups is 1. The molecule has 0 heterocycles. The van der Waals surface area contributed by atoms with Crippen LogP contribution in [0.4, 0.5) is 0 Å². The Morgan fingerprint density at radius 1 is 0.484 bits per heavy atom. The molecule has 0 bridgehead atoms. The van der Waals surface area contributed by atoms with Crippen molar-refractivity contribution < 1.29 is 32.8 Å². The molecule has 9 heteroatoms. The molecule has 0 amide bonds. The van der Waals surface area contributed by atoms with E-state index in [4.69, 9.17) is 24.3 Å². The highest BCUT2D eigenvalue weighted by Gasteiger charge is 2.25. The highest BCUT2D eigenvalue weighted by molar-refractivity contribution is 7.47. The summed E-state index contributed by atoms with van der Waals surface area (Å²) >= 11 is 0. The van der Waals surface area contributed by atoms with Crippen LogP contribution in [0.3, 0.4) is 0 Å². The van der Waals surface area contributed by atoms with Gasteiger partial charge in [0.15, 0.2) is 0 Å². The molecule has 0 aromatic carbocycles. The van der Waals surface area contributed by atoms with E-state index in [1.165, 1.54) is 205 Å². The van der Waals surface area contributed by atoms with Gasteiger partial charge in [0, 0.05) is 19.6 Å². The highest BCUT2D eigenvalue weighted by Crippen LogP contribution is 2.43. The van der Waals surface area contributed by atoms with Crippen LogP contribution in [-0.4, -0.2) is 49.9 Å². The van der Waals surface area contributed by atoms with Crippen molar-refractivity contribution in [2.45, 2.75) is 277 Å². The predicted molar refractivity (Wildman–Crippen MR) is 266 cm³/mol. The minimum absolute atomic E-state index is 0.0947. The zero-order chi connectivity index (χ0) is 45.1. The molecular weight excluding hydrogens is 794 g/mol. The maximum atomic E-state index is 12.7. The van der Waals surface area contributed by atoms with Crippen molar-refractivity contribution >= 4 is 13.8 Å². The lowest BCUT2D eigenvalue weighted by Gasteiger charge is -2.20. The van der Waals surface area contributed by atoms with Gasteiger partial charge >= 0.3 is 13.8 Å². The van der Waals surface area contributed by atoms with Gasteiger partial charge in [-0.15, -0.1) is 0 Å². The average Bonchev–Trinajstić information content (AvgIpc) is 3.26. The number of nitrogens with two attached hydrogens (primary N) is 1. The number of carbonyl (C=O) groups is 1. The molecule has 62 heavy (non-hydrogen) atoms. The normalized spacial score (nSPS) is 13.4. The van der Waals surface area contributed by atoms with Crippen molar-refractivity contribution in [1.82, 2.24) is 0 Å². The van der Waals surface area contributed by atoms with Crippen LogP contribution in [0, 0.1) is 0 Å². The molecule has 3 N–H and O–H groups in total. The summed E-state index contributed by atoms with van der Waals surface area (Å²) in [5, 5.41) is 0. The highest BCUT2D eigenvalue weighted by atomic mass is 31.2. The van der Waals surface area contributed by atoms with E-state index in [1.54, 1.807) is 0 Å². The van der Waals surface area contributed by atoms with Crippen LogP contribution < -0.4 is 5.73 Å². The molecule has 0 aliphatic rings. The van der Waals surface area contributed by atoms with Gasteiger partial charge in [0.25, 0.3) is 0 Å². The van der Waals surface area contributed by atoms with Crippen LogP contribution in [0.1, 0.15) is 271 Å². The standard InChI is InChI=1S/C53H104NO7P/c1-3-5-7-9-11-13-15-17-19-21-23-24-25-26-27-28-29-31-33-35-37-39-41-43-45-48-58-50-52(51-60-62(56,57)59-49-47-54)61-53(55)46-44-42-40-38-36-34-32-30-22-20-18-16-14-12-10-8-6-4-2/h14,16,20,22,52H,3-13,15,17-19,21,23-51,54H2,1-2H3,(H,56,57)/b16-14-,22-20-. The third-order valence-electron chi connectivity index (χ3n) is 11.9. The summed E-state index contributed by atoms with van der Waals surface area (Å²) in [5.41, 5.74) is 5.39. The Kier molecular flexibility index (Phi) is 50.1. The topological polar surface area (TPSA) is 117 Å². The number of hydrogen-bond acceptors (Lipinski definition) is 7. The maximum absolute atomic E-state index is 12.7. The quantitative estimate of drug-likeness (QED) is 0.0268. The Morgan fingerprint density at radius 3 is 1.27 bits per heavy atom. The first kappa shape index (κ1) is 61.0. The van der Waals surface area contributed by atoms with E-state index in [2.05, 4.69) is 38.2 Å². The first-order chi connectivity index (χ1) is 30.4. The molecule has 8 nitrogen and oxygen atoms in total. The number of unbranched alkanes of at least 4 members (excludes halogenated alkanes) is 35. The first-order valence-electron chi connectivity index (χ1n) is 26.8. The SMILES string of the molecule is CCCCCC/C=C\C/C=C\CCCCCCCCCC(=O)OC(COCCCCCCCCCCCCCCCCCCCCCCCCCCC)COP(=O)(O)OCCN. The molecule has 0 saturated carbocycles. The molecule has 0 aromatic heterocycles. The van der Waals surface area contributed by atoms with Crippen LogP contribution in [0.5, 0.6) is 0 Å². The van der Waals surface area contributed by atoms with E-state index in [0.29, 0.717) is 13.0 Å². The summed E-state index contributed by atoms with van der Waals surface area (Å²) in [5.74, 6) is -0.332. The van der Waals surface area contributed by atoms with Crippen molar-refractivity contribution in [2.75, 3.05) is 33.0 Å². The van der Waals surface area contributed by atoms with Crippen molar-refractivity contribution in [2.24, 2.45) is 5.73 Å². The van der Waals surface area contributed by atoms with E-state index < -0.39 is 13.9 Å². The Labute approximate surface area is 385 Å². The fraction of sp³-hybridized carbons (Fsp3) is 0.906. The molecule has 0 aliphatic carbocycles. The van der Waals surface area contributed by atoms with Gasteiger partial charge in [-0.3, -0.25) is 13.8 Å². The number of esters is 1. The van der Waals surface area contributed by atoms with E-state index >= 15 is 0 Å². The minimum Gasteiger partial charge on any atom is -0.457 e. The fourth-order valence-electron chi connectivity index (χ4n) is 7.91. The summed E-state index contributed by atoms with van der Waals surface area (Å²) < 4.78 is 33.6. The van der Waals surface area contributed by atoms with Gasteiger partial charge in [0.1, 0.15) is 6.10 Å². The second kappa shape index (κ2) is 51.0. The van der Waals surface area contributed by atoms with Crippen molar-refractivity contribution in [3.63, 3.8) is 0 Å². The molecule has 0 aliphatic heterocycles. The third kappa shape index (κ3) is 50.0. The number of rotatable bonds is 52. The smallest absolute Gasteiger partial charge is 0.457 e. The van der Waals surface area contributed by atoms with E-state index in [0.717, 1.165) is 44.9 Å². The van der Waals surface area contributed by atoms with E-state index in [1.807, 2.05) is 0 Å². The fourth-order valence-corrected chi connectivity index (χ4v) is 8.68. The third-order valence-corrected chi connectivity index (χ3v) is 12.9. The van der Waals surface area contributed by atoms with Gasteiger partial charge in [-0.05, 0) is 44.9 Å². The summed E-state index contributed by atoms with van der Waals surface area (Å²) in [6.45, 7) is 4.96. The minimum atomic E-state index is -4.28. The number of carbonyl (C=O) groups excluding carboxylic acids is 1. The van der Waals surface area contributed by atoms with Crippen LogP contribution in [0.15, 0.2) is 24.3 Å². The predicted octanol–water partition coefficient (Wildman–Crippen LogP) is 16.8. The van der Waals surface area contributed by atoms with Gasteiger partial charge in [-0.2, -0.15) is 0 Å². The Hall–Kier alpha value is -1.02. The van der Waals surface area contributed by atoms with Crippen LogP contribution in [-0.2, 0) is 27.9 Å². The largest absolute Gasteiger partial charge is 0.472 e. The lowest BCUT2D eigenvalue weighted by atomic mass is 10.0. The second-order valence-corrected chi connectivity index (χ2v) is 19.6. The molecule has 2 atom stereocenters. The Morgan fingerprint density at radius 2 is 0.855 bits per heavy atom. The van der Waals surface area contributed by atoms with Crippen molar-refractivity contribution in [3.05, 3.63) is 24.3 Å². The summed E-state index contributed by atoms with van der Waals surface area (Å²) in [7, 11) is -4.28. The Bertz CT molecular complexity index is 1010. The van der Waals surface area contributed by atoms with Crippen LogP contribution >= 0.6 is 7.82 Å². The average molecular weight is 898 g/mol. The molecule has 0 spiro atoms. The maximum Gasteiger partial charge on any atom is 0.472 e. The van der Waals surface area contributed by atoms with Gasteiger partial charge in [-0.25, -0.2) is 4.57 Å². The van der Waals surface area contributed by atoms with Gasteiger partial charge in [0.2, 0.25) is 0 Å². The number of phosphoric acid groups is 1. The lowest BCUT2D eigenvalue weighted by Crippen LogP contribution is -2.28. The molecule has 0 rings (SSSR count). The zero-order valence-electron chi connectivity index (χ0n) is 41.1. The van der Waals surface area contributed by atoms with Gasteiger partial charge in [-0.1, -0.05) is 244 Å². The van der Waals surface area contributed by atoms with E-state index in [-0.39, 0.29) is 32.3 Å². The van der Waals surface area contributed by atoms with Crippen molar-refractivity contribution in [1.29, 1.82) is 0 Å². The summed E-state index contributed by atoms with van der Waals surface area (Å²) in [6, 6.07) is 0. The number of hydrogen-bond donors (Lipinski definition) is 2. The molecule has 0 radical (unpaired) electrons. The van der Waals surface area contributed by atoms with Gasteiger partial charge in [0.05, 0.1) is 19.8 Å². The van der Waals surface area contributed by atoms with Gasteiger partial charge < -0.3 is 20.1 Å². The second-order valence-electron chi connectivity index (χ2n) is 18.1. The van der Waals surface area contributed by atoms with Crippen LogP contribution in [0.25, 0.3) is 0 Å². The molecule has 0 aromatic rings. The summed E-state index contributed by atoms with van der Waals surface area (Å²) in [6.07, 6.45) is 59.4. The molecule has 0 saturated heterocycles. The zero-order valence-corrected chi connectivity index (χ0v) is 42.0. The monoisotopic (exact) mass is 898 g/mol. The van der Waals surface area contributed by atoms with E-state index in [9.17, 15) is 14.3 Å². The first-order valence-corrected chi connectivity index (χ1v) is 28.3.